The topological polar surface area (TPSA) is 42.2 Å². The van der Waals surface area contributed by atoms with Crippen molar-refractivity contribution < 1.29 is 4.42 Å². The molecule has 0 aliphatic heterocycles. The van der Waals surface area contributed by atoms with Crippen molar-refractivity contribution in [3.63, 3.8) is 0 Å². The van der Waals surface area contributed by atoms with Gasteiger partial charge < -0.3 is 9.73 Å². The van der Waals surface area contributed by atoms with E-state index in [0.717, 1.165) is 10.2 Å². The average molecular weight is 330 g/mol. The van der Waals surface area contributed by atoms with Crippen LogP contribution in [0.3, 0.4) is 0 Å². The molecule has 0 fully saturated rings. The van der Waals surface area contributed by atoms with E-state index in [2.05, 4.69) is 21.2 Å². The van der Waals surface area contributed by atoms with E-state index in [0.29, 0.717) is 23.1 Å². The van der Waals surface area contributed by atoms with Gasteiger partial charge in [-0.3, -0.25) is 4.79 Å². The van der Waals surface area contributed by atoms with Gasteiger partial charge in [-0.05, 0) is 36.4 Å². The van der Waals surface area contributed by atoms with E-state index in [1.54, 1.807) is 12.1 Å². The van der Waals surface area contributed by atoms with Gasteiger partial charge in [0.1, 0.15) is 5.58 Å². The highest BCUT2D eigenvalue weighted by Gasteiger charge is 2.06. The number of para-hydroxylation sites is 1. The maximum Gasteiger partial charge on any atom is 0.197 e. The monoisotopic (exact) mass is 329 g/mol. The van der Waals surface area contributed by atoms with E-state index >= 15 is 0 Å². The molecule has 0 radical (unpaired) electrons. The number of nitrogens with one attached hydrogen (secondary N) is 1. The summed E-state index contributed by atoms with van der Waals surface area (Å²) in [6.45, 7) is 0.439. The molecule has 1 aromatic heterocycles. The molecule has 4 heteroatoms. The Kier molecular flexibility index (Phi) is 3.56. The first kappa shape index (κ1) is 12.9. The number of hydrogen-bond donors (Lipinski definition) is 1. The van der Waals surface area contributed by atoms with E-state index in [1.807, 2.05) is 36.4 Å². The normalized spacial score (nSPS) is 10.7. The third-order valence-electron chi connectivity index (χ3n) is 3.08. The Morgan fingerprint density at radius 3 is 2.60 bits per heavy atom. The summed E-state index contributed by atoms with van der Waals surface area (Å²) in [6.07, 6.45) is 1.52. The molecule has 0 aliphatic rings. The van der Waals surface area contributed by atoms with Crippen molar-refractivity contribution in [2.24, 2.45) is 0 Å². The number of fused-ring (bicyclic) bond motifs is 1. The van der Waals surface area contributed by atoms with Crippen LogP contribution >= 0.6 is 15.9 Å². The highest BCUT2D eigenvalue weighted by Crippen LogP contribution is 2.15. The molecule has 0 spiro atoms. The third kappa shape index (κ3) is 2.60. The molecular weight excluding hydrogens is 318 g/mol. The SMILES string of the molecule is O=c1c(CNc2ccc(Br)cc2)coc2ccccc12. The summed E-state index contributed by atoms with van der Waals surface area (Å²) >= 11 is 3.39. The second kappa shape index (κ2) is 5.51. The molecule has 0 atom stereocenters. The molecule has 2 aromatic carbocycles. The van der Waals surface area contributed by atoms with Gasteiger partial charge in [0.2, 0.25) is 0 Å². The van der Waals surface area contributed by atoms with E-state index < -0.39 is 0 Å². The predicted molar refractivity (Wildman–Crippen MR) is 84.0 cm³/mol. The summed E-state index contributed by atoms with van der Waals surface area (Å²) in [7, 11) is 0. The highest BCUT2D eigenvalue weighted by atomic mass is 79.9. The van der Waals surface area contributed by atoms with Crippen LogP contribution in [0.4, 0.5) is 5.69 Å². The molecule has 0 aliphatic carbocycles. The lowest BCUT2D eigenvalue weighted by atomic mass is 10.1. The first-order valence-corrected chi connectivity index (χ1v) is 7.02. The van der Waals surface area contributed by atoms with Crippen LogP contribution in [0, 0.1) is 0 Å². The number of rotatable bonds is 3. The highest BCUT2D eigenvalue weighted by molar-refractivity contribution is 9.10. The maximum atomic E-state index is 12.3. The largest absolute Gasteiger partial charge is 0.464 e. The minimum atomic E-state index is 0.0106. The Balaban J connectivity index is 1.86. The van der Waals surface area contributed by atoms with Gasteiger partial charge in [0.05, 0.1) is 17.2 Å². The lowest BCUT2D eigenvalue weighted by Crippen LogP contribution is -2.12. The van der Waals surface area contributed by atoms with Gasteiger partial charge in [-0.15, -0.1) is 0 Å². The molecular formula is C16H12BrNO2. The molecule has 0 bridgehead atoms. The van der Waals surface area contributed by atoms with Crippen LogP contribution in [0.5, 0.6) is 0 Å². The van der Waals surface area contributed by atoms with Crippen molar-refractivity contribution in [1.29, 1.82) is 0 Å². The van der Waals surface area contributed by atoms with Crippen LogP contribution in [-0.4, -0.2) is 0 Å². The average Bonchev–Trinajstić information content (AvgIpc) is 2.49. The fourth-order valence-electron chi connectivity index (χ4n) is 2.01. The summed E-state index contributed by atoms with van der Waals surface area (Å²) < 4.78 is 6.51. The second-order valence-corrected chi connectivity index (χ2v) is 5.36. The van der Waals surface area contributed by atoms with E-state index in [1.165, 1.54) is 6.26 Å². The zero-order chi connectivity index (χ0) is 13.9. The van der Waals surface area contributed by atoms with Crippen LogP contribution in [0.1, 0.15) is 5.56 Å². The van der Waals surface area contributed by atoms with Gasteiger partial charge in [-0.25, -0.2) is 0 Å². The van der Waals surface area contributed by atoms with Gasteiger partial charge >= 0.3 is 0 Å². The van der Waals surface area contributed by atoms with Crippen molar-refractivity contribution in [3.8, 4) is 0 Å². The van der Waals surface area contributed by atoms with E-state index in [4.69, 9.17) is 4.42 Å². The Hall–Kier alpha value is -2.07. The molecule has 0 saturated heterocycles. The first-order chi connectivity index (χ1) is 9.74. The van der Waals surface area contributed by atoms with Crippen molar-refractivity contribution in [1.82, 2.24) is 0 Å². The zero-order valence-electron chi connectivity index (χ0n) is 10.6. The van der Waals surface area contributed by atoms with Crippen LogP contribution in [0.25, 0.3) is 11.0 Å². The summed E-state index contributed by atoms with van der Waals surface area (Å²) in [5, 5.41) is 3.83. The third-order valence-corrected chi connectivity index (χ3v) is 3.61. The molecule has 3 rings (SSSR count). The van der Waals surface area contributed by atoms with Gasteiger partial charge in [-0.2, -0.15) is 0 Å². The second-order valence-electron chi connectivity index (χ2n) is 4.45. The van der Waals surface area contributed by atoms with Gasteiger partial charge in [0.15, 0.2) is 5.43 Å². The Bertz CT molecular complexity index is 793. The van der Waals surface area contributed by atoms with Crippen molar-refractivity contribution in [2.75, 3.05) is 5.32 Å². The fraction of sp³-hybridized carbons (Fsp3) is 0.0625. The minimum Gasteiger partial charge on any atom is -0.464 e. The molecule has 0 unspecified atom stereocenters. The summed E-state index contributed by atoms with van der Waals surface area (Å²) in [5.41, 5.74) is 2.20. The molecule has 20 heavy (non-hydrogen) atoms. The quantitative estimate of drug-likeness (QED) is 0.784. The van der Waals surface area contributed by atoms with Gasteiger partial charge in [-0.1, -0.05) is 28.1 Å². The molecule has 3 aromatic rings. The molecule has 100 valence electrons. The predicted octanol–water partition coefficient (Wildman–Crippen LogP) is 4.17. The molecule has 1 N–H and O–H groups in total. The first-order valence-electron chi connectivity index (χ1n) is 6.23. The Labute approximate surface area is 124 Å². The van der Waals surface area contributed by atoms with Crippen molar-refractivity contribution in [2.45, 2.75) is 6.54 Å². The fourth-order valence-corrected chi connectivity index (χ4v) is 2.27. The van der Waals surface area contributed by atoms with Gasteiger partial charge in [0.25, 0.3) is 0 Å². The van der Waals surface area contributed by atoms with Crippen molar-refractivity contribution in [3.05, 3.63) is 75.1 Å². The Morgan fingerprint density at radius 1 is 1.05 bits per heavy atom. The lowest BCUT2D eigenvalue weighted by molar-refractivity contribution is 0.594. The van der Waals surface area contributed by atoms with Gasteiger partial charge in [0, 0.05) is 16.7 Å². The lowest BCUT2D eigenvalue weighted by Gasteiger charge is -2.06. The molecule has 3 nitrogen and oxygen atoms in total. The number of halogens is 1. The summed E-state index contributed by atoms with van der Waals surface area (Å²) in [5.74, 6) is 0. The number of anilines is 1. The number of hydrogen-bond acceptors (Lipinski definition) is 3. The minimum absolute atomic E-state index is 0.0106. The zero-order valence-corrected chi connectivity index (χ0v) is 12.2. The standard InChI is InChI=1S/C16H12BrNO2/c17-12-5-7-13(8-6-12)18-9-11-10-20-15-4-2-1-3-14(15)16(11)19/h1-8,10,18H,9H2. The van der Waals surface area contributed by atoms with Crippen LogP contribution in [-0.2, 0) is 6.54 Å². The Morgan fingerprint density at radius 2 is 1.80 bits per heavy atom. The molecule has 0 amide bonds. The van der Waals surface area contributed by atoms with Crippen LogP contribution in [0.2, 0.25) is 0 Å². The maximum absolute atomic E-state index is 12.3. The summed E-state index contributed by atoms with van der Waals surface area (Å²) in [4.78, 5) is 12.3. The molecule has 0 saturated carbocycles. The molecule has 1 heterocycles. The number of benzene rings is 2. The van der Waals surface area contributed by atoms with Crippen LogP contribution < -0.4 is 10.7 Å². The van der Waals surface area contributed by atoms with E-state index in [-0.39, 0.29) is 5.43 Å². The van der Waals surface area contributed by atoms with Crippen molar-refractivity contribution >= 4 is 32.6 Å². The van der Waals surface area contributed by atoms with E-state index in [9.17, 15) is 4.79 Å². The smallest absolute Gasteiger partial charge is 0.197 e. The summed E-state index contributed by atoms with van der Waals surface area (Å²) in [6, 6.07) is 15.1. The van der Waals surface area contributed by atoms with Crippen LogP contribution in [0.15, 0.2) is 68.5 Å².